The van der Waals surface area contributed by atoms with Gasteiger partial charge in [-0.1, -0.05) is 0 Å². The third-order valence-corrected chi connectivity index (χ3v) is 1.84. The normalized spacial score (nSPS) is 12.6. The van der Waals surface area contributed by atoms with E-state index in [0.29, 0.717) is 6.61 Å². The van der Waals surface area contributed by atoms with E-state index in [0.717, 1.165) is 6.40 Å². The van der Waals surface area contributed by atoms with Crippen LogP contribution in [-0.2, 0) is 19.1 Å². The summed E-state index contributed by atoms with van der Waals surface area (Å²) in [6.07, 6.45) is 0.997. The van der Waals surface area contributed by atoms with Gasteiger partial charge in [0.05, 0.1) is 13.2 Å². The van der Waals surface area contributed by atoms with Gasteiger partial charge < -0.3 is 15.2 Å². The van der Waals surface area contributed by atoms with Crippen molar-refractivity contribution in [1.29, 1.82) is 5.26 Å². The van der Waals surface area contributed by atoms with Gasteiger partial charge in [-0.2, -0.15) is 5.26 Å². The van der Waals surface area contributed by atoms with Crippen molar-refractivity contribution >= 4 is 24.0 Å². The Balaban J connectivity index is 5.52. The average Bonchev–Trinajstić information content (AvgIpc) is 2.41. The number of amides is 1. The molecule has 0 spiro atoms. The van der Waals surface area contributed by atoms with Crippen molar-refractivity contribution in [2.45, 2.75) is 20.8 Å². The minimum Gasteiger partial charge on any atom is -0.483 e. The van der Waals surface area contributed by atoms with Crippen molar-refractivity contribution < 1.29 is 19.1 Å². The van der Waals surface area contributed by atoms with Gasteiger partial charge in [0.15, 0.2) is 17.8 Å². The van der Waals surface area contributed by atoms with Crippen LogP contribution >= 0.6 is 0 Å². The Kier molecular flexibility index (Phi) is 8.02. The monoisotopic (exact) mass is 280 g/mol. The molecule has 0 aromatic heterocycles. The number of hydrogen-bond acceptors (Lipinski definition) is 7. The van der Waals surface area contributed by atoms with Gasteiger partial charge in [0, 0.05) is 0 Å². The number of hydrogen-bond donors (Lipinski definition) is 1. The number of aliphatic imine (C=N–C) groups is 2. The van der Waals surface area contributed by atoms with E-state index in [1.807, 2.05) is 0 Å². The molecule has 0 saturated carbocycles. The van der Waals surface area contributed by atoms with Crippen LogP contribution in [0, 0.1) is 11.3 Å². The largest absolute Gasteiger partial charge is 0.483 e. The van der Waals surface area contributed by atoms with Crippen molar-refractivity contribution in [1.82, 2.24) is 0 Å². The van der Waals surface area contributed by atoms with Crippen LogP contribution in [0.15, 0.2) is 21.4 Å². The van der Waals surface area contributed by atoms with Gasteiger partial charge in [-0.05, 0) is 20.8 Å². The summed E-state index contributed by atoms with van der Waals surface area (Å²) >= 11 is 0. The van der Waals surface area contributed by atoms with E-state index < -0.39 is 17.6 Å². The molecule has 8 nitrogen and oxygen atoms in total. The summed E-state index contributed by atoms with van der Waals surface area (Å²) in [4.78, 5) is 30.0. The number of carbonyl (C=O) groups is 2. The zero-order valence-corrected chi connectivity index (χ0v) is 11.5. The van der Waals surface area contributed by atoms with Crippen molar-refractivity contribution in [3.63, 3.8) is 0 Å². The second-order valence-electron chi connectivity index (χ2n) is 3.28. The fourth-order valence-corrected chi connectivity index (χ4v) is 0.981. The molecular formula is C12H16N4O4. The first kappa shape index (κ1) is 17.3. The minimum atomic E-state index is -0.987. The van der Waals surface area contributed by atoms with Gasteiger partial charge in [-0.15, -0.1) is 0 Å². The number of nitrogens with two attached hydrogens (primary N) is 1. The smallest absolute Gasteiger partial charge is 0.352 e. The third-order valence-electron chi connectivity index (χ3n) is 1.84. The van der Waals surface area contributed by atoms with Gasteiger partial charge in [-0.25, -0.2) is 14.8 Å². The number of nitriles is 1. The van der Waals surface area contributed by atoms with Gasteiger partial charge in [-0.3, -0.25) is 4.79 Å². The number of ether oxygens (including phenoxy) is 2. The molecule has 20 heavy (non-hydrogen) atoms. The Morgan fingerprint density at radius 3 is 2.45 bits per heavy atom. The summed E-state index contributed by atoms with van der Waals surface area (Å²) in [6.45, 7) is 5.19. The summed E-state index contributed by atoms with van der Waals surface area (Å²) in [7, 11) is 0. The molecule has 2 N–H and O–H groups in total. The van der Waals surface area contributed by atoms with Crippen molar-refractivity contribution in [3.05, 3.63) is 11.4 Å². The summed E-state index contributed by atoms with van der Waals surface area (Å²) in [5, 5.41) is 8.93. The highest BCUT2D eigenvalue weighted by Gasteiger charge is 2.15. The van der Waals surface area contributed by atoms with Crippen molar-refractivity contribution in [3.8, 4) is 6.07 Å². The highest BCUT2D eigenvalue weighted by Crippen LogP contribution is 2.07. The molecule has 0 saturated heterocycles. The molecule has 0 bridgehead atoms. The summed E-state index contributed by atoms with van der Waals surface area (Å²) in [5.41, 5.74) is 4.22. The van der Waals surface area contributed by atoms with Crippen LogP contribution in [0.1, 0.15) is 20.8 Å². The van der Waals surface area contributed by atoms with Gasteiger partial charge in [0.2, 0.25) is 0 Å². The van der Waals surface area contributed by atoms with Crippen molar-refractivity contribution in [2.75, 3.05) is 13.2 Å². The first-order chi connectivity index (χ1) is 9.47. The molecule has 0 aliphatic carbocycles. The molecule has 0 atom stereocenters. The fraction of sp³-hybridized carbons (Fsp3) is 0.417. The number of carbonyl (C=O) groups excluding carboxylic acids is 2. The maximum Gasteiger partial charge on any atom is 0.352 e. The van der Waals surface area contributed by atoms with E-state index in [2.05, 4.69) is 9.98 Å². The van der Waals surface area contributed by atoms with E-state index in [4.69, 9.17) is 20.5 Å². The Bertz CT molecular complexity index is 500. The molecule has 0 aromatic rings. The van der Waals surface area contributed by atoms with Crippen molar-refractivity contribution in [2.24, 2.45) is 15.7 Å². The predicted octanol–water partition coefficient (Wildman–Crippen LogP) is 0.296. The Labute approximate surface area is 116 Å². The molecule has 1 amide bonds. The second-order valence-corrected chi connectivity index (χ2v) is 3.28. The topological polar surface area (TPSA) is 127 Å². The summed E-state index contributed by atoms with van der Waals surface area (Å²) < 4.78 is 9.52. The van der Waals surface area contributed by atoms with E-state index in [1.165, 1.54) is 6.92 Å². The van der Waals surface area contributed by atoms with Crippen LogP contribution in [0.5, 0.6) is 0 Å². The molecule has 8 heteroatoms. The molecular weight excluding hydrogens is 264 g/mol. The molecule has 108 valence electrons. The fourth-order valence-electron chi connectivity index (χ4n) is 0.981. The first-order valence-electron chi connectivity index (χ1n) is 5.78. The molecule has 0 rings (SSSR count). The second kappa shape index (κ2) is 9.27. The first-order valence-corrected chi connectivity index (χ1v) is 5.78. The molecule has 0 aromatic carbocycles. The lowest BCUT2D eigenvalue weighted by Crippen LogP contribution is -2.19. The predicted molar refractivity (Wildman–Crippen MR) is 71.7 cm³/mol. The van der Waals surface area contributed by atoms with E-state index in [9.17, 15) is 9.59 Å². The zero-order chi connectivity index (χ0) is 15.5. The van der Waals surface area contributed by atoms with E-state index >= 15 is 0 Å². The molecule has 0 unspecified atom stereocenters. The summed E-state index contributed by atoms with van der Waals surface area (Å²) in [5.74, 6) is -1.70. The highest BCUT2D eigenvalue weighted by atomic mass is 16.5. The maximum atomic E-state index is 11.4. The number of esters is 1. The Morgan fingerprint density at radius 1 is 1.35 bits per heavy atom. The average molecular weight is 280 g/mol. The Hall–Kier alpha value is -2.69. The van der Waals surface area contributed by atoms with Gasteiger partial charge >= 0.3 is 5.97 Å². The van der Waals surface area contributed by atoms with Gasteiger partial charge in [0.25, 0.3) is 5.91 Å². The molecule has 0 aliphatic heterocycles. The molecule has 0 radical (unpaired) electrons. The lowest BCUT2D eigenvalue weighted by Gasteiger charge is -2.02. The number of primary amides is 1. The van der Waals surface area contributed by atoms with Crippen LogP contribution in [0.3, 0.4) is 0 Å². The zero-order valence-electron chi connectivity index (χ0n) is 11.5. The molecule has 0 aliphatic rings. The van der Waals surface area contributed by atoms with E-state index in [1.54, 1.807) is 19.9 Å². The van der Waals surface area contributed by atoms with Gasteiger partial charge in [0.1, 0.15) is 11.8 Å². The lowest BCUT2D eigenvalue weighted by atomic mass is 10.3. The van der Waals surface area contributed by atoms with Crippen LogP contribution in [0.2, 0.25) is 0 Å². The van der Waals surface area contributed by atoms with Crippen LogP contribution in [0.25, 0.3) is 0 Å². The maximum absolute atomic E-state index is 11.4. The number of nitrogens with zero attached hydrogens (tertiary/aromatic N) is 3. The molecule has 0 fully saturated rings. The lowest BCUT2D eigenvalue weighted by molar-refractivity contribution is -0.135. The van der Waals surface area contributed by atoms with Crippen LogP contribution in [0.4, 0.5) is 0 Å². The summed E-state index contributed by atoms with van der Waals surface area (Å²) in [6, 6.07) is 1.66. The van der Waals surface area contributed by atoms with E-state index in [-0.39, 0.29) is 18.0 Å². The standard InChI is InChI=1S/C12H16N4O4/c1-4-19-7-15-9(6-13)10(11(14)17)16-8(3)12(18)20-5-2/h7H,4-5H2,1-3H3,(H2,14,17)/b10-9-,15-7?,16-8?. The quantitative estimate of drug-likeness (QED) is 0.236. The highest BCUT2D eigenvalue weighted by molar-refractivity contribution is 6.36. The number of allylic oxidation sites excluding steroid dienone is 1. The van der Waals surface area contributed by atoms with Crippen LogP contribution in [-0.4, -0.2) is 37.2 Å². The SMILES string of the molecule is CCOC=N/C(C#N)=C(\N=C(C)C(=O)OCC)C(N)=O. The Morgan fingerprint density at radius 2 is 2.00 bits per heavy atom. The third kappa shape index (κ3) is 5.77. The minimum absolute atomic E-state index is 0.111. The molecule has 0 heterocycles. The number of rotatable bonds is 7. The van der Waals surface area contributed by atoms with Crippen LogP contribution < -0.4 is 5.73 Å².